The molecule has 0 radical (unpaired) electrons. The maximum atomic E-state index is 10.6. The number of thioether (sulfide) groups is 1. The summed E-state index contributed by atoms with van der Waals surface area (Å²) >= 11 is 1.80. The van der Waals surface area contributed by atoms with Crippen LogP contribution >= 0.6 is 11.8 Å². The van der Waals surface area contributed by atoms with Crippen molar-refractivity contribution in [2.45, 2.75) is 37.8 Å². The fourth-order valence-electron chi connectivity index (χ4n) is 3.82. The summed E-state index contributed by atoms with van der Waals surface area (Å²) in [4.78, 5) is 7.22. The third-order valence-electron chi connectivity index (χ3n) is 5.50. The predicted molar refractivity (Wildman–Crippen MR) is 117 cm³/mol. The molecular formula is C21H34N4O2S. The minimum absolute atomic E-state index is 0.294. The Morgan fingerprint density at radius 3 is 2.64 bits per heavy atom. The van der Waals surface area contributed by atoms with Crippen LogP contribution in [0.4, 0.5) is 0 Å². The number of likely N-dealkylation sites (tertiary alicyclic amines) is 1. The Bertz CT molecular complexity index is 626. The van der Waals surface area contributed by atoms with Gasteiger partial charge in [0.25, 0.3) is 0 Å². The van der Waals surface area contributed by atoms with Crippen LogP contribution in [0, 0.1) is 0 Å². The molecule has 6 nitrogen and oxygen atoms in total. The van der Waals surface area contributed by atoms with Crippen molar-refractivity contribution in [3.8, 4) is 5.75 Å². The van der Waals surface area contributed by atoms with Gasteiger partial charge in [-0.3, -0.25) is 9.89 Å². The third-order valence-corrected chi connectivity index (χ3v) is 6.74. The second-order valence-electron chi connectivity index (χ2n) is 7.64. The van der Waals surface area contributed by atoms with Crippen molar-refractivity contribution in [3.05, 3.63) is 29.8 Å². The van der Waals surface area contributed by atoms with Crippen LogP contribution < -0.4 is 15.4 Å². The van der Waals surface area contributed by atoms with E-state index in [1.54, 1.807) is 18.9 Å². The van der Waals surface area contributed by atoms with Crippen molar-refractivity contribution in [2.75, 3.05) is 51.3 Å². The van der Waals surface area contributed by atoms with E-state index in [1.807, 2.05) is 12.1 Å². The van der Waals surface area contributed by atoms with Gasteiger partial charge in [0.2, 0.25) is 0 Å². The van der Waals surface area contributed by atoms with Gasteiger partial charge in [0.15, 0.2) is 5.96 Å². The summed E-state index contributed by atoms with van der Waals surface area (Å²) in [5.41, 5.74) is 0.633. The number of rotatable bonds is 8. The number of benzene rings is 1. The van der Waals surface area contributed by atoms with Crippen molar-refractivity contribution >= 4 is 17.7 Å². The Kier molecular flexibility index (Phi) is 7.88. The quantitative estimate of drug-likeness (QED) is 0.454. The summed E-state index contributed by atoms with van der Waals surface area (Å²) in [5.74, 6) is 3.46. The first-order chi connectivity index (χ1) is 13.6. The van der Waals surface area contributed by atoms with E-state index < -0.39 is 5.60 Å². The van der Waals surface area contributed by atoms with E-state index in [2.05, 4.69) is 39.6 Å². The number of nitrogens with zero attached hydrogens (tertiary/aromatic N) is 2. The molecule has 1 aromatic carbocycles. The Balaban J connectivity index is 1.67. The maximum absolute atomic E-state index is 10.6. The minimum atomic E-state index is -0.655. The molecule has 1 aromatic rings. The second kappa shape index (κ2) is 10.4. The predicted octanol–water partition coefficient (Wildman–Crippen LogP) is 2.26. The molecule has 28 heavy (non-hydrogen) atoms. The van der Waals surface area contributed by atoms with Gasteiger partial charge in [-0.05, 0) is 62.7 Å². The minimum Gasteiger partial charge on any atom is -0.497 e. The van der Waals surface area contributed by atoms with E-state index in [9.17, 15) is 5.11 Å². The van der Waals surface area contributed by atoms with E-state index in [4.69, 9.17) is 4.74 Å². The van der Waals surface area contributed by atoms with Crippen LogP contribution in [0.25, 0.3) is 0 Å². The van der Waals surface area contributed by atoms with Crippen LogP contribution in [0.3, 0.4) is 0 Å². The van der Waals surface area contributed by atoms with Crippen LogP contribution in [-0.4, -0.2) is 72.9 Å². The molecule has 3 rings (SSSR count). The van der Waals surface area contributed by atoms with Gasteiger partial charge in [0.05, 0.1) is 25.3 Å². The Morgan fingerprint density at radius 1 is 1.29 bits per heavy atom. The molecule has 0 bridgehead atoms. The molecule has 3 N–H and O–H groups in total. The molecule has 156 valence electrons. The lowest BCUT2D eigenvalue weighted by Gasteiger charge is -2.29. The van der Waals surface area contributed by atoms with E-state index in [0.29, 0.717) is 12.6 Å². The zero-order valence-electron chi connectivity index (χ0n) is 17.1. The number of methoxy groups -OCH3 is 1. The number of hydrogen-bond acceptors (Lipinski definition) is 5. The molecule has 2 unspecified atom stereocenters. The molecular weight excluding hydrogens is 372 g/mol. The standard InChI is InChI=1S/C21H34N4O2S/c1-3-22-20(24-15-21(26)10-13-28-16-21)23-14-19(25-11-4-5-12-25)17-6-8-18(27-2)9-7-17/h6-9,19,26H,3-5,10-16H2,1-2H3,(H2,22,23,24). The van der Waals surface area contributed by atoms with E-state index >= 15 is 0 Å². The van der Waals surface area contributed by atoms with E-state index in [1.165, 1.54) is 18.4 Å². The van der Waals surface area contributed by atoms with Crippen molar-refractivity contribution < 1.29 is 9.84 Å². The van der Waals surface area contributed by atoms with Gasteiger partial charge in [-0.1, -0.05) is 12.1 Å². The monoisotopic (exact) mass is 406 g/mol. The highest BCUT2D eigenvalue weighted by molar-refractivity contribution is 7.99. The van der Waals surface area contributed by atoms with Gasteiger partial charge in [0.1, 0.15) is 5.75 Å². The fraction of sp³-hybridized carbons (Fsp3) is 0.667. The molecule has 2 aliphatic rings. The van der Waals surface area contributed by atoms with Gasteiger partial charge < -0.3 is 20.5 Å². The van der Waals surface area contributed by atoms with Crippen LogP contribution in [-0.2, 0) is 0 Å². The van der Waals surface area contributed by atoms with Gasteiger partial charge in [0, 0.05) is 18.8 Å². The third kappa shape index (κ3) is 5.78. The average Bonchev–Trinajstić information content (AvgIpc) is 3.39. The van der Waals surface area contributed by atoms with Crippen LogP contribution in [0.1, 0.15) is 37.8 Å². The van der Waals surface area contributed by atoms with Gasteiger partial charge in [-0.25, -0.2) is 0 Å². The number of aliphatic hydroxyl groups is 1. The summed E-state index contributed by atoms with van der Waals surface area (Å²) in [6, 6.07) is 8.68. The summed E-state index contributed by atoms with van der Waals surface area (Å²) < 4.78 is 5.31. The zero-order chi connectivity index (χ0) is 19.8. The van der Waals surface area contributed by atoms with E-state index in [-0.39, 0.29) is 0 Å². The largest absolute Gasteiger partial charge is 0.497 e. The molecule has 2 saturated heterocycles. The Hall–Kier alpha value is -1.44. The van der Waals surface area contributed by atoms with Crippen molar-refractivity contribution in [1.29, 1.82) is 0 Å². The number of aliphatic imine (C=N–C) groups is 1. The van der Waals surface area contributed by atoms with Gasteiger partial charge >= 0.3 is 0 Å². The van der Waals surface area contributed by atoms with Gasteiger partial charge in [-0.15, -0.1) is 0 Å². The maximum Gasteiger partial charge on any atom is 0.191 e. The molecule has 7 heteroatoms. The smallest absolute Gasteiger partial charge is 0.191 e. The Labute approximate surface area is 173 Å². The van der Waals surface area contributed by atoms with Crippen LogP contribution in [0.5, 0.6) is 5.75 Å². The summed E-state index contributed by atoms with van der Waals surface area (Å²) in [6.45, 7) is 6.36. The molecule has 0 aromatic heterocycles. The van der Waals surface area contributed by atoms with Crippen LogP contribution in [0.15, 0.2) is 29.3 Å². The lowest BCUT2D eigenvalue weighted by Crippen LogP contribution is -2.44. The summed E-state index contributed by atoms with van der Waals surface area (Å²) in [6.07, 6.45) is 3.33. The molecule has 2 atom stereocenters. The first-order valence-corrected chi connectivity index (χ1v) is 11.5. The van der Waals surface area contributed by atoms with Crippen molar-refractivity contribution in [1.82, 2.24) is 15.5 Å². The lowest BCUT2D eigenvalue weighted by molar-refractivity contribution is 0.0778. The molecule has 0 spiro atoms. The molecule has 0 saturated carbocycles. The number of ether oxygens (including phenoxy) is 1. The topological polar surface area (TPSA) is 69.1 Å². The molecule has 2 heterocycles. The van der Waals surface area contributed by atoms with Crippen molar-refractivity contribution in [2.24, 2.45) is 4.99 Å². The molecule has 0 amide bonds. The first-order valence-electron chi connectivity index (χ1n) is 10.3. The number of guanidine groups is 1. The van der Waals surface area contributed by atoms with Crippen molar-refractivity contribution in [3.63, 3.8) is 0 Å². The lowest BCUT2D eigenvalue weighted by atomic mass is 10.0. The van der Waals surface area contributed by atoms with Gasteiger partial charge in [-0.2, -0.15) is 11.8 Å². The summed E-state index contributed by atoms with van der Waals surface area (Å²) in [7, 11) is 1.70. The van der Waals surface area contributed by atoms with Crippen LogP contribution in [0.2, 0.25) is 0 Å². The molecule has 0 aliphatic carbocycles. The highest BCUT2D eigenvalue weighted by Gasteiger charge is 2.31. The normalized spacial score (nSPS) is 24.3. The molecule has 2 fully saturated rings. The first kappa shape index (κ1) is 21.3. The average molecular weight is 407 g/mol. The second-order valence-corrected chi connectivity index (χ2v) is 8.74. The van der Waals surface area contributed by atoms with E-state index in [0.717, 1.165) is 55.8 Å². The highest BCUT2D eigenvalue weighted by atomic mass is 32.2. The highest BCUT2D eigenvalue weighted by Crippen LogP contribution is 2.28. The summed E-state index contributed by atoms with van der Waals surface area (Å²) in [5, 5.41) is 17.4. The zero-order valence-corrected chi connectivity index (χ0v) is 17.9. The number of hydrogen-bond donors (Lipinski definition) is 3. The number of nitrogens with one attached hydrogen (secondary N) is 2. The molecule has 2 aliphatic heterocycles. The SMILES string of the molecule is CCNC(=NCC1(O)CCSC1)NCC(c1ccc(OC)cc1)N1CCCC1. The fourth-order valence-corrected chi connectivity index (χ4v) is 5.10. The Morgan fingerprint density at radius 2 is 2.04 bits per heavy atom.